The van der Waals surface area contributed by atoms with Crippen molar-refractivity contribution in [3.05, 3.63) is 53.0 Å². The average molecular weight is 532 g/mol. The fourth-order valence-electron chi connectivity index (χ4n) is 4.19. The van der Waals surface area contributed by atoms with Gasteiger partial charge in [-0.1, -0.05) is 0 Å². The highest BCUT2D eigenvalue weighted by Gasteiger charge is 2.32. The monoisotopic (exact) mass is 531 g/mol. The lowest BCUT2D eigenvalue weighted by Crippen LogP contribution is -2.29. The zero-order valence-electron chi connectivity index (χ0n) is 20.9. The molecule has 11 heteroatoms. The van der Waals surface area contributed by atoms with Crippen molar-refractivity contribution in [3.63, 3.8) is 0 Å². The largest absolute Gasteiger partial charge is 0.481 e. The highest BCUT2D eigenvalue weighted by atomic mass is 32.2. The molecule has 3 aromatic rings. The van der Waals surface area contributed by atoms with Crippen LogP contribution < -0.4 is 10.0 Å². The number of carboxylic acids is 1. The predicted molar refractivity (Wildman–Crippen MR) is 136 cm³/mol. The number of nitrogens with one attached hydrogen (secondary N) is 2. The normalized spacial score (nSPS) is 14.2. The zero-order valence-corrected chi connectivity index (χ0v) is 21.7. The standard InChI is InChI=1S/C26H30FN3O6S/c1-26(2,25(32)33)11-4-12-29-37(34,35)14-20-18(15-5-6-15)13-19-21(23(31)28-3)22(36-24(19)30-20)16-7-9-17(27)10-8-16/h7-10,13,15,29H,4-6,11-12,14H2,1-3H3,(H,28,31)(H,32,33). The number of carboxylic acid groups (broad SMARTS) is 1. The summed E-state index contributed by atoms with van der Waals surface area (Å²) in [6, 6.07) is 7.31. The van der Waals surface area contributed by atoms with E-state index in [-0.39, 0.29) is 35.3 Å². The molecule has 4 rings (SSSR count). The van der Waals surface area contributed by atoms with Crippen LogP contribution in [0.15, 0.2) is 34.7 Å². The third-order valence-corrected chi connectivity index (χ3v) is 7.88. The second-order valence-electron chi connectivity index (χ2n) is 9.99. The van der Waals surface area contributed by atoms with E-state index in [1.54, 1.807) is 19.9 Å². The molecule has 0 saturated heterocycles. The molecular weight excluding hydrogens is 501 g/mol. The SMILES string of the molecule is CNC(=O)c1c(-c2ccc(F)cc2)oc2nc(CS(=O)(=O)NCCCC(C)(C)C(=O)O)c(C3CC3)cc12. The number of halogens is 1. The molecule has 1 fully saturated rings. The van der Waals surface area contributed by atoms with Crippen LogP contribution in [-0.4, -0.2) is 44.0 Å². The first kappa shape index (κ1) is 26.7. The van der Waals surface area contributed by atoms with Gasteiger partial charge in [-0.3, -0.25) is 9.59 Å². The molecule has 0 spiro atoms. The fourth-order valence-corrected chi connectivity index (χ4v) is 5.34. The van der Waals surface area contributed by atoms with Gasteiger partial charge in [0.25, 0.3) is 5.91 Å². The van der Waals surface area contributed by atoms with E-state index in [9.17, 15) is 27.5 Å². The third kappa shape index (κ3) is 5.99. The van der Waals surface area contributed by atoms with E-state index in [1.807, 2.05) is 0 Å². The van der Waals surface area contributed by atoms with E-state index in [2.05, 4.69) is 15.0 Å². The van der Waals surface area contributed by atoms with Gasteiger partial charge in [0.2, 0.25) is 15.7 Å². The first-order chi connectivity index (χ1) is 17.4. The van der Waals surface area contributed by atoms with E-state index in [0.717, 1.165) is 18.4 Å². The van der Waals surface area contributed by atoms with E-state index >= 15 is 0 Å². The highest BCUT2D eigenvalue weighted by molar-refractivity contribution is 7.88. The summed E-state index contributed by atoms with van der Waals surface area (Å²) in [6.07, 6.45) is 2.46. The molecular formula is C26H30FN3O6S. The minimum atomic E-state index is -3.77. The number of hydrogen-bond donors (Lipinski definition) is 3. The number of fused-ring (bicyclic) bond motifs is 1. The van der Waals surface area contributed by atoms with Crippen LogP contribution in [0.5, 0.6) is 0 Å². The Morgan fingerprint density at radius 2 is 1.89 bits per heavy atom. The van der Waals surface area contributed by atoms with Gasteiger partial charge in [0.15, 0.2) is 0 Å². The number of aromatic nitrogens is 1. The quantitative estimate of drug-likeness (QED) is 0.316. The van der Waals surface area contributed by atoms with Gasteiger partial charge < -0.3 is 14.8 Å². The maximum absolute atomic E-state index is 13.5. The van der Waals surface area contributed by atoms with Crippen molar-refractivity contribution in [1.82, 2.24) is 15.0 Å². The number of carbonyl (C=O) groups excluding carboxylic acids is 1. The number of hydrogen-bond acceptors (Lipinski definition) is 6. The number of furan rings is 1. The Bertz CT molecular complexity index is 1440. The molecule has 198 valence electrons. The molecule has 2 aromatic heterocycles. The van der Waals surface area contributed by atoms with Crippen molar-refractivity contribution >= 4 is 33.0 Å². The van der Waals surface area contributed by atoms with Gasteiger partial charge in [0, 0.05) is 19.2 Å². The lowest BCUT2D eigenvalue weighted by Gasteiger charge is -2.18. The van der Waals surface area contributed by atoms with Crippen LogP contribution in [0.1, 0.15) is 67.1 Å². The van der Waals surface area contributed by atoms with Crippen LogP contribution in [0.4, 0.5) is 4.39 Å². The summed E-state index contributed by atoms with van der Waals surface area (Å²) in [5.41, 5.74) is 1.02. The van der Waals surface area contributed by atoms with E-state index < -0.39 is 33.1 Å². The summed E-state index contributed by atoms with van der Waals surface area (Å²) in [5.74, 6) is -1.77. The Labute approximate surface area is 214 Å². The Kier molecular flexibility index (Phi) is 7.38. The van der Waals surface area contributed by atoms with E-state index in [0.29, 0.717) is 29.5 Å². The highest BCUT2D eigenvalue weighted by Crippen LogP contribution is 2.44. The van der Waals surface area contributed by atoms with Crippen molar-refractivity contribution < 1.29 is 31.9 Å². The van der Waals surface area contributed by atoms with Crippen molar-refractivity contribution in [1.29, 1.82) is 0 Å². The smallest absolute Gasteiger partial charge is 0.309 e. The second-order valence-corrected chi connectivity index (χ2v) is 11.8. The molecule has 2 heterocycles. The van der Waals surface area contributed by atoms with Gasteiger partial charge in [-0.2, -0.15) is 0 Å². The summed E-state index contributed by atoms with van der Waals surface area (Å²) in [4.78, 5) is 28.6. The number of pyridine rings is 1. The third-order valence-electron chi connectivity index (χ3n) is 6.58. The van der Waals surface area contributed by atoms with Crippen LogP contribution in [-0.2, 0) is 20.6 Å². The topological polar surface area (TPSA) is 139 Å². The first-order valence-corrected chi connectivity index (χ1v) is 13.7. The minimum absolute atomic E-state index is 0.107. The molecule has 1 aromatic carbocycles. The van der Waals surface area contributed by atoms with Gasteiger partial charge in [-0.25, -0.2) is 22.5 Å². The number of benzene rings is 1. The molecule has 3 N–H and O–H groups in total. The summed E-state index contributed by atoms with van der Waals surface area (Å²) in [7, 11) is -2.28. The number of aliphatic carboxylic acids is 1. The number of amides is 1. The van der Waals surface area contributed by atoms with E-state index in [4.69, 9.17) is 4.42 Å². The van der Waals surface area contributed by atoms with Crippen molar-refractivity contribution in [2.45, 2.75) is 51.2 Å². The molecule has 0 aliphatic heterocycles. The number of sulfonamides is 1. The molecule has 37 heavy (non-hydrogen) atoms. The molecule has 1 aliphatic rings. The van der Waals surface area contributed by atoms with Crippen LogP contribution in [0.25, 0.3) is 22.4 Å². The van der Waals surface area contributed by atoms with Crippen molar-refractivity contribution in [2.75, 3.05) is 13.6 Å². The average Bonchev–Trinajstić information content (AvgIpc) is 3.61. The predicted octanol–water partition coefficient (Wildman–Crippen LogP) is 4.18. The Hall–Kier alpha value is -3.31. The van der Waals surface area contributed by atoms with Gasteiger partial charge in [-0.15, -0.1) is 0 Å². The van der Waals surface area contributed by atoms with Crippen molar-refractivity contribution in [3.8, 4) is 11.3 Å². The first-order valence-electron chi connectivity index (χ1n) is 12.1. The molecule has 0 bridgehead atoms. The maximum atomic E-state index is 13.5. The van der Waals surface area contributed by atoms with Crippen LogP contribution in [0, 0.1) is 11.2 Å². The number of nitrogens with zero attached hydrogens (tertiary/aromatic N) is 1. The van der Waals surface area contributed by atoms with Gasteiger partial charge in [0.05, 0.1) is 22.1 Å². The summed E-state index contributed by atoms with van der Waals surface area (Å²) < 4.78 is 47.7. The summed E-state index contributed by atoms with van der Waals surface area (Å²) in [6.45, 7) is 3.30. The molecule has 0 radical (unpaired) electrons. The Morgan fingerprint density at radius 3 is 2.49 bits per heavy atom. The lowest BCUT2D eigenvalue weighted by molar-refractivity contribution is -0.147. The summed E-state index contributed by atoms with van der Waals surface area (Å²) in [5, 5.41) is 12.3. The Morgan fingerprint density at radius 1 is 1.22 bits per heavy atom. The van der Waals surface area contributed by atoms with Gasteiger partial charge >= 0.3 is 5.97 Å². The molecule has 1 aliphatic carbocycles. The molecule has 9 nitrogen and oxygen atoms in total. The molecule has 1 saturated carbocycles. The minimum Gasteiger partial charge on any atom is -0.481 e. The number of carbonyl (C=O) groups is 2. The maximum Gasteiger partial charge on any atom is 0.309 e. The van der Waals surface area contributed by atoms with E-state index in [1.165, 1.54) is 31.3 Å². The molecule has 1 amide bonds. The molecule has 0 atom stereocenters. The Balaban J connectivity index is 1.65. The summed E-state index contributed by atoms with van der Waals surface area (Å²) >= 11 is 0. The number of rotatable bonds is 11. The van der Waals surface area contributed by atoms with Crippen molar-refractivity contribution in [2.24, 2.45) is 5.41 Å². The van der Waals surface area contributed by atoms with Gasteiger partial charge in [-0.05, 0) is 81.3 Å². The van der Waals surface area contributed by atoms with Gasteiger partial charge in [0.1, 0.15) is 17.3 Å². The lowest BCUT2D eigenvalue weighted by atomic mass is 9.88. The zero-order chi connectivity index (χ0) is 27.0. The van der Waals surface area contributed by atoms with Crippen LogP contribution >= 0.6 is 0 Å². The van der Waals surface area contributed by atoms with Crippen LogP contribution in [0.3, 0.4) is 0 Å². The molecule has 0 unspecified atom stereocenters. The fraction of sp³-hybridized carbons (Fsp3) is 0.423. The van der Waals surface area contributed by atoms with Crippen LogP contribution in [0.2, 0.25) is 0 Å². The second kappa shape index (κ2) is 10.2.